The van der Waals surface area contributed by atoms with E-state index in [2.05, 4.69) is 4.72 Å². The Hall–Kier alpha value is -2.34. The highest BCUT2D eigenvalue weighted by atomic mass is 32.2. The van der Waals surface area contributed by atoms with Gasteiger partial charge in [-0.2, -0.15) is 0 Å². The number of anilines is 2. The van der Waals surface area contributed by atoms with Crippen molar-refractivity contribution in [2.24, 2.45) is 0 Å². The molecule has 1 N–H and O–H groups in total. The molecule has 0 spiro atoms. The number of rotatable bonds is 3. The van der Waals surface area contributed by atoms with Crippen LogP contribution in [0.3, 0.4) is 0 Å². The molecule has 6 heteroatoms. The highest BCUT2D eigenvalue weighted by molar-refractivity contribution is 7.92. The maximum atomic E-state index is 12.7. The summed E-state index contributed by atoms with van der Waals surface area (Å²) in [5.41, 5.74) is 4.04. The highest BCUT2D eigenvalue weighted by Crippen LogP contribution is 2.31. The first-order valence-corrected chi connectivity index (χ1v) is 9.77. The van der Waals surface area contributed by atoms with E-state index in [1.54, 1.807) is 36.1 Å². The zero-order valence-electron chi connectivity index (χ0n) is 14.7. The molecule has 0 radical (unpaired) electrons. The van der Waals surface area contributed by atoms with Crippen LogP contribution in [0.4, 0.5) is 11.4 Å². The predicted molar refractivity (Wildman–Crippen MR) is 99.5 cm³/mol. The van der Waals surface area contributed by atoms with E-state index in [0.717, 1.165) is 29.7 Å². The van der Waals surface area contributed by atoms with Crippen molar-refractivity contribution in [2.75, 3.05) is 16.2 Å². The Kier molecular flexibility index (Phi) is 4.56. The summed E-state index contributed by atoms with van der Waals surface area (Å²) < 4.78 is 28.1. The van der Waals surface area contributed by atoms with E-state index < -0.39 is 10.0 Å². The largest absolute Gasteiger partial charge is 0.312 e. The minimum Gasteiger partial charge on any atom is -0.312 e. The summed E-state index contributed by atoms with van der Waals surface area (Å²) >= 11 is 0. The quantitative estimate of drug-likeness (QED) is 0.914. The number of nitrogens with one attached hydrogen (secondary N) is 1. The van der Waals surface area contributed by atoms with E-state index in [1.165, 1.54) is 6.92 Å². The van der Waals surface area contributed by atoms with E-state index >= 15 is 0 Å². The van der Waals surface area contributed by atoms with Gasteiger partial charge in [-0.05, 0) is 56.0 Å². The van der Waals surface area contributed by atoms with Gasteiger partial charge in [0.1, 0.15) is 0 Å². The van der Waals surface area contributed by atoms with Crippen LogP contribution in [0.5, 0.6) is 0 Å². The van der Waals surface area contributed by atoms with E-state index in [0.29, 0.717) is 17.8 Å². The van der Waals surface area contributed by atoms with Gasteiger partial charge in [-0.3, -0.25) is 9.52 Å². The van der Waals surface area contributed by atoms with E-state index in [1.807, 2.05) is 19.1 Å². The van der Waals surface area contributed by atoms with Crippen LogP contribution >= 0.6 is 0 Å². The van der Waals surface area contributed by atoms with E-state index in [9.17, 15) is 13.2 Å². The molecule has 0 fully saturated rings. The number of benzene rings is 2. The maximum absolute atomic E-state index is 12.7. The predicted octanol–water partition coefficient (Wildman–Crippen LogP) is 3.40. The number of sulfonamides is 1. The second-order valence-electron chi connectivity index (χ2n) is 6.49. The minimum atomic E-state index is -3.68. The van der Waals surface area contributed by atoms with Crippen LogP contribution in [0, 0.1) is 13.8 Å². The van der Waals surface area contributed by atoms with Crippen molar-refractivity contribution in [3.05, 3.63) is 53.1 Å². The molecule has 0 atom stereocenters. The van der Waals surface area contributed by atoms with Gasteiger partial charge in [-0.15, -0.1) is 0 Å². The molecule has 25 heavy (non-hydrogen) atoms. The lowest BCUT2D eigenvalue weighted by molar-refractivity contribution is -0.116. The lowest BCUT2D eigenvalue weighted by atomic mass is 10.0. The standard InChI is InChI=1S/C19H22N2O3S/c1-13-6-9-19(14(2)11-13)25(23,24)20-17-8-7-16-5-4-10-21(15(3)22)18(16)12-17/h6-9,11-12,20H,4-5,10H2,1-3H3. The fraction of sp³-hybridized carbons (Fsp3) is 0.316. The molecular weight excluding hydrogens is 336 g/mol. The third-order valence-corrected chi connectivity index (χ3v) is 6.00. The molecule has 1 aliphatic rings. The van der Waals surface area contributed by atoms with Crippen LogP contribution in [0.15, 0.2) is 41.3 Å². The van der Waals surface area contributed by atoms with Gasteiger partial charge in [0, 0.05) is 19.2 Å². The van der Waals surface area contributed by atoms with Crippen LogP contribution < -0.4 is 9.62 Å². The Bertz CT molecular complexity index is 936. The Labute approximate surface area is 148 Å². The lowest BCUT2D eigenvalue weighted by Gasteiger charge is -2.29. The smallest absolute Gasteiger partial charge is 0.262 e. The average Bonchev–Trinajstić information content (AvgIpc) is 2.53. The topological polar surface area (TPSA) is 66.5 Å². The van der Waals surface area contributed by atoms with Crippen molar-refractivity contribution in [3.8, 4) is 0 Å². The minimum absolute atomic E-state index is 0.0321. The molecule has 0 aromatic heterocycles. The van der Waals surface area contributed by atoms with Crippen LogP contribution in [-0.2, 0) is 21.2 Å². The first-order chi connectivity index (χ1) is 11.8. The summed E-state index contributed by atoms with van der Waals surface area (Å²) in [5, 5.41) is 0. The van der Waals surface area contributed by atoms with Gasteiger partial charge in [0.2, 0.25) is 5.91 Å². The van der Waals surface area contributed by atoms with E-state index in [-0.39, 0.29) is 10.8 Å². The van der Waals surface area contributed by atoms with Crippen molar-refractivity contribution in [3.63, 3.8) is 0 Å². The number of hydrogen-bond acceptors (Lipinski definition) is 3. The van der Waals surface area contributed by atoms with Crippen LogP contribution in [0.25, 0.3) is 0 Å². The number of carbonyl (C=O) groups excluding carboxylic acids is 1. The summed E-state index contributed by atoms with van der Waals surface area (Å²) in [6.07, 6.45) is 1.81. The molecule has 2 aromatic rings. The molecule has 3 rings (SSSR count). The second-order valence-corrected chi connectivity index (χ2v) is 8.14. The number of carbonyl (C=O) groups is 1. The van der Waals surface area contributed by atoms with Crippen molar-refractivity contribution >= 4 is 27.3 Å². The van der Waals surface area contributed by atoms with Gasteiger partial charge >= 0.3 is 0 Å². The fourth-order valence-electron chi connectivity index (χ4n) is 3.28. The molecule has 0 aliphatic carbocycles. The van der Waals surface area contributed by atoms with Crippen molar-refractivity contribution in [1.82, 2.24) is 0 Å². The van der Waals surface area contributed by atoms with Crippen molar-refractivity contribution < 1.29 is 13.2 Å². The van der Waals surface area contributed by atoms with Crippen LogP contribution in [0.1, 0.15) is 30.0 Å². The summed E-state index contributed by atoms with van der Waals surface area (Å²) in [4.78, 5) is 13.8. The maximum Gasteiger partial charge on any atom is 0.262 e. The lowest BCUT2D eigenvalue weighted by Crippen LogP contribution is -2.33. The molecule has 1 aliphatic heterocycles. The zero-order valence-corrected chi connectivity index (χ0v) is 15.5. The van der Waals surface area contributed by atoms with Gasteiger partial charge in [0.15, 0.2) is 0 Å². The molecule has 1 heterocycles. The SMILES string of the molecule is CC(=O)N1CCCc2ccc(NS(=O)(=O)c3ccc(C)cc3C)cc21. The van der Waals surface area contributed by atoms with E-state index in [4.69, 9.17) is 0 Å². The number of fused-ring (bicyclic) bond motifs is 1. The molecule has 2 aromatic carbocycles. The first-order valence-electron chi connectivity index (χ1n) is 8.29. The third-order valence-electron chi connectivity index (χ3n) is 4.46. The zero-order chi connectivity index (χ0) is 18.2. The monoisotopic (exact) mass is 358 g/mol. The Morgan fingerprint density at radius 2 is 1.88 bits per heavy atom. The second kappa shape index (κ2) is 6.52. The van der Waals surface area contributed by atoms with Gasteiger partial charge in [-0.1, -0.05) is 23.8 Å². The molecule has 0 bridgehead atoms. The fourth-order valence-corrected chi connectivity index (χ4v) is 4.55. The molecule has 0 saturated carbocycles. The van der Waals surface area contributed by atoms with Crippen molar-refractivity contribution in [1.29, 1.82) is 0 Å². The molecular formula is C19H22N2O3S. The van der Waals surface area contributed by atoms with Gasteiger partial charge < -0.3 is 4.90 Å². The molecule has 5 nitrogen and oxygen atoms in total. The number of nitrogens with zero attached hydrogens (tertiary/aromatic N) is 1. The Morgan fingerprint density at radius 3 is 2.56 bits per heavy atom. The van der Waals surface area contributed by atoms with Gasteiger partial charge in [0.25, 0.3) is 10.0 Å². The summed E-state index contributed by atoms with van der Waals surface area (Å²) in [6, 6.07) is 10.6. The molecule has 0 unspecified atom stereocenters. The average molecular weight is 358 g/mol. The van der Waals surface area contributed by atoms with Gasteiger partial charge in [0.05, 0.1) is 10.6 Å². The number of aryl methyl sites for hydroxylation is 3. The number of hydrogen-bond donors (Lipinski definition) is 1. The van der Waals surface area contributed by atoms with Gasteiger partial charge in [-0.25, -0.2) is 8.42 Å². The Balaban J connectivity index is 1.95. The normalized spacial score (nSPS) is 14.1. The highest BCUT2D eigenvalue weighted by Gasteiger charge is 2.22. The molecule has 0 saturated heterocycles. The summed E-state index contributed by atoms with van der Waals surface area (Å²) in [5.74, 6) is -0.0321. The summed E-state index contributed by atoms with van der Waals surface area (Å²) in [7, 11) is -3.68. The Morgan fingerprint density at radius 1 is 1.12 bits per heavy atom. The van der Waals surface area contributed by atoms with Crippen molar-refractivity contribution in [2.45, 2.75) is 38.5 Å². The van der Waals surface area contributed by atoms with Crippen LogP contribution in [0.2, 0.25) is 0 Å². The molecule has 132 valence electrons. The van der Waals surface area contributed by atoms with Crippen LogP contribution in [-0.4, -0.2) is 20.9 Å². The number of amides is 1. The first kappa shape index (κ1) is 17.5. The molecule has 1 amide bonds. The summed E-state index contributed by atoms with van der Waals surface area (Å²) in [6.45, 7) is 5.90. The third kappa shape index (κ3) is 3.54.